The first-order chi connectivity index (χ1) is 21.2. The molecule has 0 bridgehead atoms. The molecule has 0 spiro atoms. The van der Waals surface area contributed by atoms with Crippen molar-refractivity contribution >= 4 is 19.7 Å². The van der Waals surface area contributed by atoms with Gasteiger partial charge in [-0.25, -0.2) is 9.59 Å². The summed E-state index contributed by atoms with van der Waals surface area (Å²) in [6.45, 7) is 4.56. The molecule has 10 nitrogen and oxygen atoms in total. The molecule has 11 heteroatoms. The number of benzene rings is 3. The molecule has 0 aliphatic heterocycles. The summed E-state index contributed by atoms with van der Waals surface area (Å²) in [6.07, 6.45) is -0.961. The summed E-state index contributed by atoms with van der Waals surface area (Å²) in [6, 6.07) is 26.0. The minimum absolute atomic E-state index is 0.00704. The number of nitrogens with one attached hydrogen (secondary N) is 2. The molecule has 3 N–H and O–H groups in total. The fourth-order valence-corrected chi connectivity index (χ4v) is 6.69. The molecule has 0 heterocycles. The number of carboxylic acid groups (broad SMARTS) is 1. The van der Waals surface area contributed by atoms with Crippen LogP contribution in [0.1, 0.15) is 49.8 Å². The molecule has 0 saturated heterocycles. The number of amides is 1. The summed E-state index contributed by atoms with van der Waals surface area (Å²) in [5.74, 6) is -1.51. The average molecular weight is 627 g/mol. The second kappa shape index (κ2) is 18.2. The molecule has 0 aliphatic carbocycles. The Labute approximate surface area is 259 Å². The Hall–Kier alpha value is -3.69. The molecule has 2 unspecified atom stereocenters. The maximum Gasteiger partial charge on any atom is 0.407 e. The van der Waals surface area contributed by atoms with Gasteiger partial charge in [-0.1, -0.05) is 86.6 Å². The van der Waals surface area contributed by atoms with Crippen molar-refractivity contribution in [3.63, 3.8) is 0 Å². The molecule has 0 aliphatic rings. The first-order valence-electron chi connectivity index (χ1n) is 14.7. The zero-order chi connectivity index (χ0) is 31.8. The molecule has 3 rings (SSSR count). The molecule has 0 fully saturated rings. The van der Waals surface area contributed by atoms with Crippen molar-refractivity contribution in [3.05, 3.63) is 102 Å². The van der Waals surface area contributed by atoms with Crippen molar-refractivity contribution in [3.8, 4) is 5.75 Å². The third-order valence-corrected chi connectivity index (χ3v) is 9.32. The van der Waals surface area contributed by atoms with Crippen LogP contribution in [0.25, 0.3) is 0 Å². The SMILES string of the molecule is COc1ccc(CNC(C(C)C)P(=O)(OCc2ccccc2)O[C@@H](CCCCNC(=O)OCc2ccccc2)C(=O)O)cc1. The minimum atomic E-state index is -4.03. The Morgan fingerprint density at radius 2 is 1.45 bits per heavy atom. The maximum absolute atomic E-state index is 14.5. The van der Waals surface area contributed by atoms with E-state index in [0.717, 1.165) is 22.4 Å². The number of rotatable bonds is 19. The Bertz CT molecular complexity index is 1320. The summed E-state index contributed by atoms with van der Waals surface area (Å²) in [7, 11) is -2.44. The highest BCUT2D eigenvalue weighted by atomic mass is 31.2. The van der Waals surface area contributed by atoms with Gasteiger partial charge in [0.05, 0.1) is 13.7 Å². The lowest BCUT2D eigenvalue weighted by Crippen LogP contribution is -2.37. The van der Waals surface area contributed by atoms with Gasteiger partial charge in [0.15, 0.2) is 6.10 Å². The van der Waals surface area contributed by atoms with Crippen molar-refractivity contribution in [2.75, 3.05) is 13.7 Å². The van der Waals surface area contributed by atoms with Crippen LogP contribution in [0.15, 0.2) is 84.9 Å². The molecule has 0 radical (unpaired) electrons. The van der Waals surface area contributed by atoms with Gasteiger partial charge >= 0.3 is 19.7 Å². The Kier molecular flexibility index (Phi) is 14.4. The molecular weight excluding hydrogens is 583 g/mol. The van der Waals surface area contributed by atoms with Crippen LogP contribution >= 0.6 is 7.60 Å². The van der Waals surface area contributed by atoms with Crippen LogP contribution < -0.4 is 15.4 Å². The fraction of sp³-hybridized carbons (Fsp3) is 0.394. The number of aliphatic carboxylic acids is 1. The number of methoxy groups -OCH3 is 1. The van der Waals surface area contributed by atoms with E-state index < -0.39 is 31.5 Å². The molecule has 0 saturated carbocycles. The first kappa shape index (κ1) is 34.8. The van der Waals surface area contributed by atoms with Crippen LogP contribution in [0, 0.1) is 5.92 Å². The van der Waals surface area contributed by atoms with Crippen LogP contribution in [-0.4, -0.2) is 42.7 Å². The van der Waals surface area contributed by atoms with Gasteiger partial charge in [-0.3, -0.25) is 14.4 Å². The van der Waals surface area contributed by atoms with Crippen molar-refractivity contribution in [2.24, 2.45) is 5.92 Å². The Balaban J connectivity index is 1.62. The van der Waals surface area contributed by atoms with Gasteiger partial charge in [-0.2, -0.15) is 0 Å². The van der Waals surface area contributed by atoms with Gasteiger partial charge in [0.2, 0.25) is 0 Å². The number of ether oxygens (including phenoxy) is 2. The normalized spacial score (nSPS) is 13.9. The number of carbonyl (C=O) groups is 2. The van der Waals surface area contributed by atoms with Gasteiger partial charge < -0.3 is 24.4 Å². The zero-order valence-electron chi connectivity index (χ0n) is 25.5. The van der Waals surface area contributed by atoms with Gasteiger partial charge in [0.1, 0.15) is 18.1 Å². The predicted octanol–water partition coefficient (Wildman–Crippen LogP) is 6.74. The highest BCUT2D eigenvalue weighted by Crippen LogP contribution is 2.56. The van der Waals surface area contributed by atoms with Crippen LogP contribution in [0.4, 0.5) is 4.79 Å². The van der Waals surface area contributed by atoms with E-state index in [1.165, 1.54) is 0 Å². The van der Waals surface area contributed by atoms with Crippen molar-refractivity contribution < 1.29 is 37.8 Å². The predicted molar refractivity (Wildman–Crippen MR) is 168 cm³/mol. The van der Waals surface area contributed by atoms with Gasteiger partial charge in [-0.05, 0) is 54.0 Å². The number of hydrogen-bond donors (Lipinski definition) is 3. The van der Waals surface area contributed by atoms with Crippen molar-refractivity contribution in [1.82, 2.24) is 10.6 Å². The second-order valence-corrected chi connectivity index (χ2v) is 12.7. The molecule has 1 amide bonds. The summed E-state index contributed by atoms with van der Waals surface area (Å²) in [5.41, 5.74) is 2.59. The standard InChI is InChI=1S/C33H43N2O8P/c1-25(2)31(35-22-26-17-19-29(40-3)20-18-26)44(39,42-24-28-14-8-5-9-15-28)43-30(32(36)37)16-10-11-21-34-33(38)41-23-27-12-6-4-7-13-27/h4-9,12-15,17-20,25,30-31,35H,10-11,16,21-24H2,1-3H3,(H,34,38)(H,36,37)/t30-,31?,44?/m0/s1. The van der Waals surface area contributed by atoms with Crippen LogP contribution in [0.2, 0.25) is 0 Å². The van der Waals surface area contributed by atoms with Gasteiger partial charge in [0, 0.05) is 13.1 Å². The lowest BCUT2D eigenvalue weighted by Gasteiger charge is -2.32. The Morgan fingerprint density at radius 3 is 2.02 bits per heavy atom. The van der Waals surface area contributed by atoms with Crippen LogP contribution in [0.3, 0.4) is 0 Å². The highest BCUT2D eigenvalue weighted by Gasteiger charge is 2.42. The van der Waals surface area contributed by atoms with E-state index in [1.54, 1.807) is 7.11 Å². The lowest BCUT2D eigenvalue weighted by atomic mass is 10.1. The quantitative estimate of drug-likeness (QED) is 0.0977. The van der Waals surface area contributed by atoms with E-state index in [-0.39, 0.29) is 25.6 Å². The molecule has 0 aromatic heterocycles. The smallest absolute Gasteiger partial charge is 0.407 e. The van der Waals surface area contributed by atoms with Gasteiger partial charge in [-0.15, -0.1) is 0 Å². The summed E-state index contributed by atoms with van der Waals surface area (Å²) in [4.78, 5) is 24.3. The third kappa shape index (κ3) is 11.8. The molecule has 3 aromatic rings. The first-order valence-corrected chi connectivity index (χ1v) is 16.3. The van der Waals surface area contributed by atoms with E-state index in [2.05, 4.69) is 10.6 Å². The monoisotopic (exact) mass is 626 g/mol. The van der Waals surface area contributed by atoms with Crippen LogP contribution in [-0.2, 0) is 42.9 Å². The fourth-order valence-electron chi connectivity index (χ4n) is 4.41. The van der Waals surface area contributed by atoms with Crippen molar-refractivity contribution in [1.29, 1.82) is 0 Å². The number of carbonyl (C=O) groups excluding carboxylic acids is 1. The lowest BCUT2D eigenvalue weighted by molar-refractivity contribution is -0.146. The molecule has 3 aromatic carbocycles. The highest BCUT2D eigenvalue weighted by molar-refractivity contribution is 7.54. The van der Waals surface area contributed by atoms with Crippen LogP contribution in [0.5, 0.6) is 5.75 Å². The number of hydrogen-bond acceptors (Lipinski definition) is 8. The topological polar surface area (TPSA) is 132 Å². The molecule has 44 heavy (non-hydrogen) atoms. The van der Waals surface area contributed by atoms with E-state index >= 15 is 0 Å². The summed E-state index contributed by atoms with van der Waals surface area (Å²) < 4.78 is 36.8. The third-order valence-electron chi connectivity index (χ3n) is 6.83. The summed E-state index contributed by atoms with van der Waals surface area (Å²) >= 11 is 0. The number of alkyl carbamates (subject to hydrolysis) is 1. The molecular formula is C33H43N2O8P. The van der Waals surface area contributed by atoms with Crippen molar-refractivity contribution in [2.45, 2.75) is 64.8 Å². The zero-order valence-corrected chi connectivity index (χ0v) is 26.4. The van der Waals surface area contributed by atoms with E-state index in [9.17, 15) is 19.3 Å². The van der Waals surface area contributed by atoms with E-state index in [0.29, 0.717) is 25.9 Å². The molecule has 238 valence electrons. The summed E-state index contributed by atoms with van der Waals surface area (Å²) in [5, 5.41) is 16.0. The maximum atomic E-state index is 14.5. The largest absolute Gasteiger partial charge is 0.497 e. The Morgan fingerprint density at radius 1 is 0.841 bits per heavy atom. The van der Waals surface area contributed by atoms with E-state index in [4.69, 9.17) is 18.5 Å². The average Bonchev–Trinajstić information content (AvgIpc) is 3.03. The number of unbranched alkanes of at least 4 members (excludes halogenated alkanes) is 1. The molecule has 3 atom stereocenters. The van der Waals surface area contributed by atoms with E-state index in [1.807, 2.05) is 98.8 Å². The number of carboxylic acids is 1. The van der Waals surface area contributed by atoms with Gasteiger partial charge in [0.25, 0.3) is 0 Å². The minimum Gasteiger partial charge on any atom is -0.497 e. The second-order valence-electron chi connectivity index (χ2n) is 10.6.